The van der Waals surface area contributed by atoms with Crippen molar-refractivity contribution >= 4 is 17.3 Å². The molecule has 0 aromatic heterocycles. The van der Waals surface area contributed by atoms with Crippen molar-refractivity contribution < 1.29 is 17.9 Å². The van der Waals surface area contributed by atoms with Crippen LogP contribution in [0.5, 0.6) is 5.75 Å². The van der Waals surface area contributed by atoms with Crippen molar-refractivity contribution in [2.45, 2.75) is 12.9 Å². The molecule has 0 fully saturated rings. The number of aliphatic imine (C=N–C) groups is 1. The summed E-state index contributed by atoms with van der Waals surface area (Å²) in [5.74, 6) is 0.680. The number of benzene rings is 2. The minimum Gasteiger partial charge on any atom is -0.406 e. The van der Waals surface area contributed by atoms with E-state index in [1.54, 1.807) is 12.1 Å². The highest BCUT2D eigenvalue weighted by Gasteiger charge is 2.35. The molecule has 0 spiro atoms. The van der Waals surface area contributed by atoms with Gasteiger partial charge >= 0.3 is 6.36 Å². The number of alkyl halides is 3. The lowest BCUT2D eigenvalue weighted by Gasteiger charge is -2.19. The van der Waals surface area contributed by atoms with Crippen LogP contribution in [0.3, 0.4) is 0 Å². The van der Waals surface area contributed by atoms with Gasteiger partial charge in [-0.2, -0.15) is 0 Å². The highest BCUT2D eigenvalue weighted by molar-refractivity contribution is 6.16. The summed E-state index contributed by atoms with van der Waals surface area (Å²) in [6, 6.07) is 14.0. The Morgan fingerprint density at radius 2 is 1.71 bits per heavy atom. The van der Waals surface area contributed by atoms with Crippen LogP contribution in [0.4, 0.5) is 24.5 Å². The Morgan fingerprint density at radius 3 is 2.42 bits per heavy atom. The van der Waals surface area contributed by atoms with E-state index in [1.165, 1.54) is 12.1 Å². The lowest BCUT2D eigenvalue weighted by atomic mass is 10.2. The number of anilines is 2. The van der Waals surface area contributed by atoms with E-state index < -0.39 is 6.36 Å². The van der Waals surface area contributed by atoms with E-state index in [0.717, 1.165) is 36.0 Å². The Morgan fingerprint density at radius 1 is 1.00 bits per heavy atom. The molecule has 24 heavy (non-hydrogen) atoms. The second-order valence-corrected chi connectivity index (χ2v) is 5.60. The van der Waals surface area contributed by atoms with E-state index in [9.17, 15) is 13.2 Å². The molecular weight excluding hydrogens is 319 g/mol. The molecule has 2 aromatic carbocycles. The molecule has 0 aliphatic carbocycles. The summed E-state index contributed by atoms with van der Waals surface area (Å²) in [5, 5.41) is 0. The first-order valence-electron chi connectivity index (χ1n) is 7.54. The first kappa shape index (κ1) is 14.9. The number of para-hydroxylation sites is 2. The van der Waals surface area contributed by atoms with Gasteiger partial charge in [0.05, 0.1) is 24.5 Å². The normalized spacial score (nSPS) is 16.0. The molecule has 7 heteroatoms. The number of rotatable bonds is 3. The molecule has 0 radical (unpaired) electrons. The molecule has 0 saturated heterocycles. The number of fused-ring (bicyclic) bond motifs is 3. The molecule has 2 aromatic rings. The predicted octanol–water partition coefficient (Wildman–Crippen LogP) is 3.78. The number of hydrogen-bond donors (Lipinski definition) is 0. The molecule has 4 nitrogen and oxygen atoms in total. The molecule has 2 aliphatic rings. The number of ether oxygens (including phenoxy) is 1. The topological polar surface area (TPSA) is 28.1 Å². The first-order valence-corrected chi connectivity index (χ1v) is 7.54. The summed E-state index contributed by atoms with van der Waals surface area (Å²) in [6.07, 6.45) is -4.67. The molecule has 2 aliphatic heterocycles. The minimum absolute atomic E-state index is 0.215. The van der Waals surface area contributed by atoms with Gasteiger partial charge in [0.15, 0.2) is 0 Å². The average Bonchev–Trinajstić information content (AvgIpc) is 3.11. The number of nitrogens with zero attached hydrogens (tertiary/aromatic N) is 3. The molecule has 0 amide bonds. The van der Waals surface area contributed by atoms with Crippen molar-refractivity contribution in [3.63, 3.8) is 0 Å². The molecule has 124 valence electrons. The molecule has 2 heterocycles. The number of guanidine groups is 1. The molecule has 4 rings (SSSR count). The van der Waals surface area contributed by atoms with Crippen LogP contribution < -0.4 is 14.5 Å². The van der Waals surface area contributed by atoms with Crippen LogP contribution in [0, 0.1) is 0 Å². The number of hydrogen-bond acceptors (Lipinski definition) is 4. The standard InChI is InChI=1S/C17H14F3N3O/c18-17(19,20)24-13-7-5-12(6-8-13)11-23-15-4-2-1-3-14(15)22-10-9-21-16(22)23/h1-8H,9-11H2. The second-order valence-electron chi connectivity index (χ2n) is 5.60. The molecule has 0 N–H and O–H groups in total. The summed E-state index contributed by atoms with van der Waals surface area (Å²) in [7, 11) is 0. The lowest BCUT2D eigenvalue weighted by molar-refractivity contribution is -0.274. The Balaban J connectivity index is 1.57. The summed E-state index contributed by atoms with van der Waals surface area (Å²) in [6.45, 7) is 2.14. The third-order valence-electron chi connectivity index (χ3n) is 4.02. The zero-order chi connectivity index (χ0) is 16.7. The summed E-state index contributed by atoms with van der Waals surface area (Å²) < 4.78 is 40.6. The van der Waals surface area contributed by atoms with Crippen LogP contribution in [-0.2, 0) is 6.54 Å². The summed E-state index contributed by atoms with van der Waals surface area (Å²) in [4.78, 5) is 8.80. The Bertz CT molecular complexity index is 786. The third-order valence-corrected chi connectivity index (χ3v) is 4.02. The van der Waals surface area contributed by atoms with E-state index in [2.05, 4.69) is 25.6 Å². The summed E-state index contributed by atoms with van der Waals surface area (Å²) in [5.41, 5.74) is 3.06. The smallest absolute Gasteiger partial charge is 0.406 e. The Labute approximate surface area is 136 Å². The van der Waals surface area contributed by atoms with Crippen LogP contribution in [0.25, 0.3) is 0 Å². The summed E-state index contributed by atoms with van der Waals surface area (Å²) >= 11 is 0. The van der Waals surface area contributed by atoms with Crippen molar-refractivity contribution in [3.8, 4) is 5.75 Å². The van der Waals surface area contributed by atoms with Gasteiger partial charge in [-0.15, -0.1) is 13.2 Å². The van der Waals surface area contributed by atoms with Crippen molar-refractivity contribution in [1.82, 2.24) is 0 Å². The Kier molecular flexibility index (Phi) is 3.37. The highest BCUT2D eigenvalue weighted by atomic mass is 19.4. The van der Waals surface area contributed by atoms with Crippen LogP contribution in [-0.4, -0.2) is 25.4 Å². The maximum Gasteiger partial charge on any atom is 0.573 e. The SMILES string of the molecule is FC(F)(F)Oc1ccc(CN2C3=NCCN3c3ccccc32)cc1. The predicted molar refractivity (Wildman–Crippen MR) is 85.4 cm³/mol. The molecule has 0 saturated carbocycles. The van der Waals surface area contributed by atoms with E-state index in [0.29, 0.717) is 6.54 Å². The van der Waals surface area contributed by atoms with Gasteiger partial charge in [0, 0.05) is 6.54 Å². The van der Waals surface area contributed by atoms with Crippen LogP contribution in [0.2, 0.25) is 0 Å². The van der Waals surface area contributed by atoms with Gasteiger partial charge in [0.1, 0.15) is 5.75 Å². The maximum absolute atomic E-state index is 12.2. The van der Waals surface area contributed by atoms with Crippen LogP contribution in [0.15, 0.2) is 53.5 Å². The quantitative estimate of drug-likeness (QED) is 0.856. The molecule has 0 atom stereocenters. The maximum atomic E-state index is 12.2. The van der Waals surface area contributed by atoms with Crippen LogP contribution in [0.1, 0.15) is 5.56 Å². The van der Waals surface area contributed by atoms with Gasteiger partial charge in [0.2, 0.25) is 5.96 Å². The fourth-order valence-electron chi connectivity index (χ4n) is 3.06. The second kappa shape index (κ2) is 5.43. The van der Waals surface area contributed by atoms with E-state index in [1.807, 2.05) is 18.2 Å². The van der Waals surface area contributed by atoms with Gasteiger partial charge < -0.3 is 14.5 Å². The zero-order valence-corrected chi connectivity index (χ0v) is 12.6. The van der Waals surface area contributed by atoms with Gasteiger partial charge in [-0.05, 0) is 29.8 Å². The monoisotopic (exact) mass is 333 g/mol. The van der Waals surface area contributed by atoms with Crippen molar-refractivity contribution in [3.05, 3.63) is 54.1 Å². The van der Waals surface area contributed by atoms with E-state index >= 15 is 0 Å². The van der Waals surface area contributed by atoms with Gasteiger partial charge in [-0.3, -0.25) is 4.99 Å². The molecular formula is C17H14F3N3O. The fraction of sp³-hybridized carbons (Fsp3) is 0.235. The van der Waals surface area contributed by atoms with Crippen molar-refractivity contribution in [1.29, 1.82) is 0 Å². The largest absolute Gasteiger partial charge is 0.573 e. The fourth-order valence-corrected chi connectivity index (χ4v) is 3.06. The van der Waals surface area contributed by atoms with Gasteiger partial charge in [-0.1, -0.05) is 24.3 Å². The van der Waals surface area contributed by atoms with E-state index in [4.69, 9.17) is 0 Å². The van der Waals surface area contributed by atoms with Crippen LogP contribution >= 0.6 is 0 Å². The zero-order valence-electron chi connectivity index (χ0n) is 12.6. The lowest BCUT2D eigenvalue weighted by Crippen LogP contribution is -2.34. The van der Waals surface area contributed by atoms with Crippen molar-refractivity contribution in [2.75, 3.05) is 22.9 Å². The van der Waals surface area contributed by atoms with Gasteiger partial charge in [0.25, 0.3) is 0 Å². The minimum atomic E-state index is -4.67. The average molecular weight is 333 g/mol. The van der Waals surface area contributed by atoms with Crippen molar-refractivity contribution in [2.24, 2.45) is 4.99 Å². The first-order chi connectivity index (χ1) is 11.5. The third kappa shape index (κ3) is 2.66. The Hall–Kier alpha value is -2.70. The molecule has 0 unspecified atom stereocenters. The molecule has 0 bridgehead atoms. The van der Waals surface area contributed by atoms with Gasteiger partial charge in [-0.25, -0.2) is 0 Å². The number of halogens is 3. The highest BCUT2D eigenvalue weighted by Crippen LogP contribution is 2.39. The van der Waals surface area contributed by atoms with E-state index in [-0.39, 0.29) is 5.75 Å².